The lowest BCUT2D eigenvalue weighted by Crippen LogP contribution is -2.51. The molecule has 3 nitrogen and oxygen atoms in total. The maximum Gasteiger partial charge on any atom is 0.156 e. The summed E-state index contributed by atoms with van der Waals surface area (Å²) in [6.45, 7) is 4.14. The summed E-state index contributed by atoms with van der Waals surface area (Å²) < 4.78 is 0. The van der Waals surface area contributed by atoms with Crippen molar-refractivity contribution in [2.24, 2.45) is 17.3 Å². The van der Waals surface area contributed by atoms with Crippen LogP contribution in [0.1, 0.15) is 70.3 Å². The number of ketones is 1. The summed E-state index contributed by atoms with van der Waals surface area (Å²) in [5.74, 6) is 7.74. The van der Waals surface area contributed by atoms with Crippen LogP contribution in [0.5, 0.6) is 0 Å². The Morgan fingerprint density at radius 2 is 1.90 bits per heavy atom. The molecule has 0 aromatic heterocycles. The minimum Gasteiger partial charge on any atom is -0.388 e. The van der Waals surface area contributed by atoms with Gasteiger partial charge in [-0.1, -0.05) is 30.6 Å². The van der Waals surface area contributed by atoms with Crippen molar-refractivity contribution in [1.82, 2.24) is 0 Å². The van der Waals surface area contributed by atoms with Crippen molar-refractivity contribution in [3.05, 3.63) is 52.6 Å². The van der Waals surface area contributed by atoms with E-state index in [1.54, 1.807) is 5.57 Å². The van der Waals surface area contributed by atoms with Gasteiger partial charge >= 0.3 is 0 Å². The number of hydrogen-bond acceptors (Lipinski definition) is 3. The van der Waals surface area contributed by atoms with Crippen LogP contribution in [0.15, 0.2) is 47.1 Å². The highest BCUT2D eigenvalue weighted by atomic mass is 16.3. The van der Waals surface area contributed by atoms with Crippen molar-refractivity contribution in [3.8, 4) is 11.8 Å². The highest BCUT2D eigenvalue weighted by Gasteiger charge is 2.62. The second-order valence-electron chi connectivity index (χ2n) is 10.1. The highest BCUT2D eigenvalue weighted by Crippen LogP contribution is 2.66. The Balaban J connectivity index is 1.68. The fraction of sp³-hybridized carbons (Fsp3) is 0.536. The predicted molar refractivity (Wildman–Crippen MR) is 125 cm³/mol. The van der Waals surface area contributed by atoms with Crippen molar-refractivity contribution in [3.63, 3.8) is 0 Å². The van der Waals surface area contributed by atoms with Gasteiger partial charge in [0.2, 0.25) is 0 Å². The number of fused-ring (bicyclic) bond motifs is 4. The molecule has 1 aromatic carbocycles. The van der Waals surface area contributed by atoms with Gasteiger partial charge in [0.25, 0.3) is 0 Å². The topological polar surface area (TPSA) is 49.3 Å². The fourth-order valence-electron chi connectivity index (χ4n) is 7.26. The summed E-state index contributed by atoms with van der Waals surface area (Å²) in [7, 11) is 1.95. The number of carbonyl (C=O) groups excluding carboxylic acids is 1. The van der Waals surface area contributed by atoms with Crippen molar-refractivity contribution in [1.29, 1.82) is 0 Å². The predicted octanol–water partition coefficient (Wildman–Crippen LogP) is 5.38. The molecule has 5 rings (SSSR count). The van der Waals surface area contributed by atoms with Crippen LogP contribution in [-0.4, -0.2) is 23.5 Å². The Kier molecular flexibility index (Phi) is 4.90. The second kappa shape index (κ2) is 7.38. The zero-order valence-corrected chi connectivity index (χ0v) is 18.9. The monoisotopic (exact) mass is 415 g/mol. The summed E-state index contributed by atoms with van der Waals surface area (Å²) in [5.41, 5.74) is 5.61. The van der Waals surface area contributed by atoms with Gasteiger partial charge in [-0.3, -0.25) is 4.79 Å². The Hall–Kier alpha value is -2.31. The van der Waals surface area contributed by atoms with Crippen molar-refractivity contribution in [2.45, 2.75) is 70.3 Å². The number of nitrogens with one attached hydrogen (secondary N) is 1. The average Bonchev–Trinajstić information content (AvgIpc) is 3.03. The lowest BCUT2D eigenvalue weighted by molar-refractivity contribution is -0.114. The molecule has 162 valence electrons. The minimum atomic E-state index is -0.912. The molecule has 0 aliphatic heterocycles. The molecular formula is C28H33NO2. The molecule has 0 spiro atoms. The third-order valence-corrected chi connectivity index (χ3v) is 8.82. The quantitative estimate of drug-likeness (QED) is 0.638. The summed E-state index contributed by atoms with van der Waals surface area (Å²) in [5, 5.41) is 14.9. The van der Waals surface area contributed by atoms with Crippen LogP contribution in [-0.2, 0) is 4.79 Å². The maximum atomic E-state index is 12.1. The van der Waals surface area contributed by atoms with E-state index in [1.807, 2.05) is 20.0 Å². The van der Waals surface area contributed by atoms with E-state index in [4.69, 9.17) is 0 Å². The second-order valence-corrected chi connectivity index (χ2v) is 10.1. The van der Waals surface area contributed by atoms with Crippen LogP contribution in [0.3, 0.4) is 0 Å². The molecule has 3 heteroatoms. The molecule has 2 N–H and O–H groups in total. The molecule has 1 aromatic rings. The molecule has 2 fully saturated rings. The summed E-state index contributed by atoms with van der Waals surface area (Å²) in [6.07, 6.45) is 8.22. The average molecular weight is 416 g/mol. The number of rotatable bonds is 2. The van der Waals surface area contributed by atoms with E-state index in [0.29, 0.717) is 18.3 Å². The number of allylic oxidation sites excluding steroid dienone is 4. The van der Waals surface area contributed by atoms with Gasteiger partial charge in [0.05, 0.1) is 0 Å². The molecular weight excluding hydrogens is 382 g/mol. The van der Waals surface area contributed by atoms with Crippen LogP contribution in [0, 0.1) is 29.1 Å². The number of hydrogen-bond donors (Lipinski definition) is 2. The van der Waals surface area contributed by atoms with Gasteiger partial charge in [-0.05, 0) is 92.2 Å². The van der Waals surface area contributed by atoms with Gasteiger partial charge < -0.3 is 10.4 Å². The van der Waals surface area contributed by atoms with Gasteiger partial charge in [0, 0.05) is 30.5 Å². The van der Waals surface area contributed by atoms with E-state index < -0.39 is 5.60 Å². The van der Waals surface area contributed by atoms with Crippen LogP contribution >= 0.6 is 0 Å². The zero-order valence-electron chi connectivity index (χ0n) is 18.9. The molecule has 0 radical (unpaired) electrons. The molecule has 1 unspecified atom stereocenters. The zero-order chi connectivity index (χ0) is 21.8. The van der Waals surface area contributed by atoms with E-state index in [0.717, 1.165) is 44.2 Å². The minimum absolute atomic E-state index is 0.219. The van der Waals surface area contributed by atoms with Gasteiger partial charge in [0.1, 0.15) is 5.60 Å². The van der Waals surface area contributed by atoms with Crippen LogP contribution in [0.25, 0.3) is 0 Å². The normalized spacial score (nSPS) is 36.6. The van der Waals surface area contributed by atoms with Crippen LogP contribution in [0.4, 0.5) is 5.69 Å². The number of anilines is 1. The first-order valence-corrected chi connectivity index (χ1v) is 11.8. The Morgan fingerprint density at radius 3 is 2.61 bits per heavy atom. The van der Waals surface area contributed by atoms with Crippen molar-refractivity contribution in [2.75, 3.05) is 12.4 Å². The first kappa shape index (κ1) is 20.6. The van der Waals surface area contributed by atoms with E-state index >= 15 is 0 Å². The first-order valence-electron chi connectivity index (χ1n) is 11.8. The lowest BCUT2D eigenvalue weighted by Gasteiger charge is -2.53. The fourth-order valence-corrected chi connectivity index (χ4v) is 7.26. The summed E-state index contributed by atoms with van der Waals surface area (Å²) in [4.78, 5) is 12.1. The Bertz CT molecular complexity index is 1040. The first-order chi connectivity index (χ1) is 14.9. The number of carbonyl (C=O) groups is 1. The van der Waals surface area contributed by atoms with E-state index in [-0.39, 0.29) is 17.1 Å². The largest absolute Gasteiger partial charge is 0.388 e. The van der Waals surface area contributed by atoms with E-state index in [2.05, 4.69) is 48.3 Å². The third kappa shape index (κ3) is 3.03. The maximum absolute atomic E-state index is 12.1. The summed E-state index contributed by atoms with van der Waals surface area (Å²) >= 11 is 0. The number of aliphatic hydroxyl groups is 1. The number of benzene rings is 1. The molecule has 5 atom stereocenters. The molecule has 2 saturated carbocycles. The van der Waals surface area contributed by atoms with Crippen molar-refractivity contribution >= 4 is 11.5 Å². The molecule has 0 bridgehead atoms. The third-order valence-electron chi connectivity index (χ3n) is 8.82. The van der Waals surface area contributed by atoms with E-state index in [1.165, 1.54) is 16.7 Å². The Labute approximate surface area is 186 Å². The lowest BCUT2D eigenvalue weighted by atomic mass is 9.51. The molecule has 0 heterocycles. The van der Waals surface area contributed by atoms with Crippen molar-refractivity contribution < 1.29 is 9.90 Å². The van der Waals surface area contributed by atoms with Crippen LogP contribution < -0.4 is 5.32 Å². The molecule has 31 heavy (non-hydrogen) atoms. The standard InChI is InChI=1S/C28H33NO2/c1-4-14-28(31)15-13-25-23-11-7-19-16-21(30)10-12-22(19)26(23)24(17-27(25,28)2)18-5-8-20(29-3)9-6-18/h5-6,8-9,16,23-25,29,31H,7,10-13,15,17H2,1-3H3/t23?,24-,25+,27+,28+/m1/s1. The van der Waals surface area contributed by atoms with E-state index in [9.17, 15) is 9.90 Å². The Morgan fingerprint density at radius 1 is 1.13 bits per heavy atom. The molecule has 0 amide bonds. The molecule has 4 aliphatic carbocycles. The van der Waals surface area contributed by atoms with Gasteiger partial charge in [-0.2, -0.15) is 0 Å². The van der Waals surface area contributed by atoms with Crippen LogP contribution in [0.2, 0.25) is 0 Å². The molecule has 0 saturated heterocycles. The SMILES string of the molecule is CC#C[C@]1(O)CC[C@H]2C3CCC4=CC(=O)CCC4=C3[C@@H](c3ccc(NC)cc3)C[C@@]21C. The van der Waals surface area contributed by atoms with Gasteiger partial charge in [-0.15, -0.1) is 5.92 Å². The smallest absolute Gasteiger partial charge is 0.156 e. The summed E-state index contributed by atoms with van der Waals surface area (Å²) in [6, 6.07) is 8.80. The van der Waals surface area contributed by atoms with Gasteiger partial charge in [-0.25, -0.2) is 0 Å². The van der Waals surface area contributed by atoms with Gasteiger partial charge in [0.15, 0.2) is 5.78 Å². The molecule has 4 aliphatic rings. The highest BCUT2D eigenvalue weighted by molar-refractivity contribution is 5.93.